The standard InChI is InChI=1S/C28H25F3N2O4/c1-36-23-10-8-22(9-11-23)25(28(29,30)31)33-15-14-27(17-33,26(34)35)18-37-24-12-6-21(7-13-24)20-4-2-19(16-32)3-5-20/h2-13,25H,14-15,17-18H2,1H3,(H,34,35). The van der Waals surface area contributed by atoms with Crippen LogP contribution in [0.5, 0.6) is 11.5 Å². The minimum atomic E-state index is -4.59. The maximum Gasteiger partial charge on any atom is 0.408 e. The van der Waals surface area contributed by atoms with Crippen LogP contribution in [0, 0.1) is 16.7 Å². The fourth-order valence-corrected chi connectivity index (χ4v) is 4.57. The lowest BCUT2D eigenvalue weighted by Crippen LogP contribution is -2.43. The molecule has 1 N–H and O–H groups in total. The number of halogens is 3. The van der Waals surface area contributed by atoms with Crippen LogP contribution in [0.3, 0.4) is 0 Å². The van der Waals surface area contributed by atoms with E-state index in [4.69, 9.17) is 14.7 Å². The first-order valence-corrected chi connectivity index (χ1v) is 11.6. The minimum Gasteiger partial charge on any atom is -0.497 e. The lowest BCUT2D eigenvalue weighted by Gasteiger charge is -2.32. The van der Waals surface area contributed by atoms with Gasteiger partial charge in [0, 0.05) is 13.1 Å². The number of hydrogen-bond donors (Lipinski definition) is 1. The Hall–Kier alpha value is -4.03. The number of carboxylic acids is 1. The molecule has 1 aliphatic heterocycles. The third kappa shape index (κ3) is 5.70. The van der Waals surface area contributed by atoms with Gasteiger partial charge in [-0.25, -0.2) is 0 Å². The summed E-state index contributed by atoms with van der Waals surface area (Å²) in [5.74, 6) is -0.344. The summed E-state index contributed by atoms with van der Waals surface area (Å²) in [5.41, 5.74) is 0.865. The van der Waals surface area contributed by atoms with Crippen molar-refractivity contribution in [1.82, 2.24) is 4.90 Å². The van der Waals surface area contributed by atoms with Crippen molar-refractivity contribution in [1.29, 1.82) is 5.26 Å². The number of ether oxygens (including phenoxy) is 2. The highest BCUT2D eigenvalue weighted by Crippen LogP contribution is 2.44. The number of carbonyl (C=O) groups is 1. The normalized spacial score (nSPS) is 18.7. The average Bonchev–Trinajstić information content (AvgIpc) is 3.32. The van der Waals surface area contributed by atoms with Gasteiger partial charge >= 0.3 is 12.1 Å². The van der Waals surface area contributed by atoms with Crippen molar-refractivity contribution in [2.45, 2.75) is 18.6 Å². The second kappa shape index (κ2) is 10.5. The summed E-state index contributed by atoms with van der Waals surface area (Å²) in [6.45, 7) is -0.604. The molecule has 6 nitrogen and oxygen atoms in total. The van der Waals surface area contributed by atoms with Gasteiger partial charge in [-0.15, -0.1) is 0 Å². The second-order valence-corrected chi connectivity index (χ2v) is 9.03. The van der Waals surface area contributed by atoms with E-state index in [1.54, 1.807) is 36.4 Å². The first-order chi connectivity index (χ1) is 17.6. The Morgan fingerprint density at radius 1 is 1.03 bits per heavy atom. The summed E-state index contributed by atoms with van der Waals surface area (Å²) in [6.07, 6.45) is -4.57. The number of aliphatic carboxylic acids is 1. The van der Waals surface area contributed by atoms with Crippen molar-refractivity contribution >= 4 is 5.97 Å². The Labute approximate surface area is 212 Å². The zero-order chi connectivity index (χ0) is 26.6. The van der Waals surface area contributed by atoms with Gasteiger partial charge in [-0.05, 0) is 59.5 Å². The number of carboxylic acid groups (broad SMARTS) is 1. The van der Waals surface area contributed by atoms with E-state index < -0.39 is 23.6 Å². The molecular weight excluding hydrogens is 485 g/mol. The predicted octanol–water partition coefficient (Wildman–Crippen LogP) is 5.69. The van der Waals surface area contributed by atoms with Crippen molar-refractivity contribution in [2.75, 3.05) is 26.8 Å². The Bertz CT molecular complexity index is 1270. The smallest absolute Gasteiger partial charge is 0.408 e. The maximum absolute atomic E-state index is 14.1. The number of rotatable bonds is 8. The first-order valence-electron chi connectivity index (χ1n) is 11.6. The number of methoxy groups -OCH3 is 1. The summed E-state index contributed by atoms with van der Waals surface area (Å²) in [7, 11) is 1.43. The molecule has 9 heteroatoms. The molecule has 192 valence electrons. The first kappa shape index (κ1) is 26.0. The summed E-state index contributed by atoms with van der Waals surface area (Å²) in [4.78, 5) is 13.4. The van der Waals surface area contributed by atoms with Crippen LogP contribution < -0.4 is 9.47 Å². The van der Waals surface area contributed by atoms with Crippen molar-refractivity contribution in [3.8, 4) is 28.7 Å². The highest BCUT2D eigenvalue weighted by atomic mass is 19.4. The fraction of sp³-hybridized carbons (Fsp3) is 0.286. The molecule has 37 heavy (non-hydrogen) atoms. The van der Waals surface area contributed by atoms with E-state index in [1.807, 2.05) is 12.1 Å². The molecule has 2 unspecified atom stereocenters. The van der Waals surface area contributed by atoms with Crippen molar-refractivity contribution < 1.29 is 32.5 Å². The third-order valence-electron chi connectivity index (χ3n) is 6.66. The quantitative estimate of drug-likeness (QED) is 0.419. The van der Waals surface area contributed by atoms with Gasteiger partial charge in [0.15, 0.2) is 0 Å². The number of likely N-dealkylation sites (tertiary alicyclic amines) is 1. The summed E-state index contributed by atoms with van der Waals surface area (Å²) in [6, 6.07) is 19.8. The van der Waals surface area contributed by atoms with Gasteiger partial charge in [-0.1, -0.05) is 36.4 Å². The molecule has 0 radical (unpaired) electrons. The Kier molecular flexibility index (Phi) is 7.41. The van der Waals surface area contributed by atoms with E-state index in [9.17, 15) is 23.1 Å². The summed E-state index contributed by atoms with van der Waals surface area (Å²) < 4.78 is 53.1. The molecule has 1 heterocycles. The van der Waals surface area contributed by atoms with Crippen LogP contribution in [0.25, 0.3) is 11.1 Å². The molecule has 2 atom stereocenters. The van der Waals surface area contributed by atoms with Crippen LogP contribution in [-0.2, 0) is 4.79 Å². The van der Waals surface area contributed by atoms with E-state index in [2.05, 4.69) is 6.07 Å². The van der Waals surface area contributed by atoms with Gasteiger partial charge in [-0.2, -0.15) is 18.4 Å². The van der Waals surface area contributed by atoms with Gasteiger partial charge in [0.2, 0.25) is 0 Å². The number of nitrogens with zero attached hydrogens (tertiary/aromatic N) is 2. The summed E-state index contributed by atoms with van der Waals surface area (Å²) in [5, 5.41) is 18.9. The van der Waals surface area contributed by atoms with Gasteiger partial charge < -0.3 is 14.6 Å². The van der Waals surface area contributed by atoms with Crippen molar-refractivity contribution in [3.05, 3.63) is 83.9 Å². The zero-order valence-corrected chi connectivity index (χ0v) is 20.0. The van der Waals surface area contributed by atoms with Crippen LogP contribution >= 0.6 is 0 Å². The summed E-state index contributed by atoms with van der Waals surface area (Å²) >= 11 is 0. The van der Waals surface area contributed by atoms with Gasteiger partial charge in [0.05, 0.1) is 18.7 Å². The highest BCUT2D eigenvalue weighted by molar-refractivity contribution is 5.75. The molecule has 0 spiro atoms. The fourth-order valence-electron chi connectivity index (χ4n) is 4.57. The zero-order valence-electron chi connectivity index (χ0n) is 20.0. The molecule has 0 aromatic heterocycles. The average molecular weight is 511 g/mol. The molecule has 3 aromatic carbocycles. The van der Waals surface area contributed by atoms with Crippen LogP contribution in [-0.4, -0.2) is 49.0 Å². The maximum atomic E-state index is 14.1. The lowest BCUT2D eigenvalue weighted by molar-refractivity contribution is -0.186. The van der Waals surface area contributed by atoms with Crippen LogP contribution in [0.2, 0.25) is 0 Å². The molecule has 4 rings (SSSR count). The van der Waals surface area contributed by atoms with Crippen molar-refractivity contribution in [3.63, 3.8) is 0 Å². The molecule has 1 aliphatic rings. The molecule has 1 saturated heterocycles. The number of benzene rings is 3. The highest BCUT2D eigenvalue weighted by Gasteiger charge is 2.53. The molecule has 0 amide bonds. The largest absolute Gasteiger partial charge is 0.497 e. The van der Waals surface area contributed by atoms with Crippen LogP contribution in [0.4, 0.5) is 13.2 Å². The lowest BCUT2D eigenvalue weighted by atomic mass is 9.88. The predicted molar refractivity (Wildman–Crippen MR) is 130 cm³/mol. The van der Waals surface area contributed by atoms with E-state index in [0.29, 0.717) is 17.1 Å². The SMILES string of the molecule is COc1ccc(C(N2CCC(COc3ccc(-c4ccc(C#N)cc4)cc3)(C(=O)O)C2)C(F)(F)F)cc1. The number of nitriles is 1. The van der Waals surface area contributed by atoms with E-state index in [1.165, 1.54) is 31.4 Å². The molecule has 0 bridgehead atoms. The molecule has 0 aliphatic carbocycles. The molecule has 1 fully saturated rings. The van der Waals surface area contributed by atoms with E-state index in [0.717, 1.165) is 16.0 Å². The van der Waals surface area contributed by atoms with E-state index >= 15 is 0 Å². The Balaban J connectivity index is 1.48. The van der Waals surface area contributed by atoms with Gasteiger partial charge in [-0.3, -0.25) is 9.69 Å². The molecular formula is C28H25F3N2O4. The molecule has 0 saturated carbocycles. The minimum absolute atomic E-state index is 0.0220. The van der Waals surface area contributed by atoms with Crippen LogP contribution in [0.1, 0.15) is 23.6 Å². The van der Waals surface area contributed by atoms with Gasteiger partial charge in [0.1, 0.15) is 29.6 Å². The monoisotopic (exact) mass is 510 g/mol. The molecule has 3 aromatic rings. The second-order valence-electron chi connectivity index (χ2n) is 9.03. The van der Waals surface area contributed by atoms with Crippen LogP contribution in [0.15, 0.2) is 72.8 Å². The number of hydrogen-bond acceptors (Lipinski definition) is 5. The topological polar surface area (TPSA) is 82.8 Å². The van der Waals surface area contributed by atoms with Crippen molar-refractivity contribution in [2.24, 2.45) is 5.41 Å². The Morgan fingerprint density at radius 2 is 1.59 bits per heavy atom. The van der Waals surface area contributed by atoms with Gasteiger partial charge in [0.25, 0.3) is 0 Å². The third-order valence-corrected chi connectivity index (χ3v) is 6.66. The Morgan fingerprint density at radius 3 is 2.11 bits per heavy atom. The number of alkyl halides is 3. The van der Waals surface area contributed by atoms with E-state index in [-0.39, 0.29) is 31.7 Å².